The number of carboxylic acids is 1. The van der Waals surface area contributed by atoms with Gasteiger partial charge < -0.3 is 16.2 Å². The Morgan fingerprint density at radius 3 is 2.15 bits per heavy atom. The first kappa shape index (κ1) is 18.9. The number of rotatable bonds is 8. The quantitative estimate of drug-likeness (QED) is 0.607. The minimum atomic E-state index is -1.10. The molecule has 0 bridgehead atoms. The maximum atomic E-state index is 11.8. The minimum absolute atomic E-state index is 0.00994. The lowest BCUT2D eigenvalue weighted by Gasteiger charge is -2.28. The third-order valence-corrected chi connectivity index (χ3v) is 4.42. The predicted octanol–water partition coefficient (Wildman–Crippen LogP) is 0.640. The molecule has 0 aromatic carbocycles. The first-order valence-corrected chi connectivity index (χ1v) is 7.39. The van der Waals surface area contributed by atoms with Gasteiger partial charge in [-0.1, -0.05) is 13.8 Å². The molecule has 1 unspecified atom stereocenters. The number of hydrogen-bond donors (Lipinski definition) is 3. The van der Waals surface area contributed by atoms with Crippen molar-refractivity contribution < 1.29 is 19.5 Å². The van der Waals surface area contributed by atoms with Crippen molar-refractivity contribution in [3.63, 3.8) is 0 Å². The zero-order valence-corrected chi connectivity index (χ0v) is 13.4. The summed E-state index contributed by atoms with van der Waals surface area (Å²) in [4.78, 5) is 34.1. The van der Waals surface area contributed by atoms with Crippen molar-refractivity contribution in [3.8, 4) is 0 Å². The number of carbonyl (C=O) groups excluding carboxylic acids is 2. The van der Waals surface area contributed by atoms with Gasteiger partial charge in [-0.15, -0.1) is 11.8 Å². The van der Waals surface area contributed by atoms with Crippen molar-refractivity contribution in [3.05, 3.63) is 0 Å². The fourth-order valence-corrected chi connectivity index (χ4v) is 2.46. The number of ketones is 1. The average Bonchev–Trinajstić information content (AvgIpc) is 2.31. The van der Waals surface area contributed by atoms with Gasteiger partial charge in [0.25, 0.3) is 0 Å². The number of nitrogens with two attached hydrogens (primary N) is 1. The second-order valence-electron chi connectivity index (χ2n) is 5.61. The van der Waals surface area contributed by atoms with Crippen molar-refractivity contribution in [2.24, 2.45) is 11.7 Å². The van der Waals surface area contributed by atoms with Gasteiger partial charge in [0, 0.05) is 4.75 Å². The molecule has 7 heteroatoms. The van der Waals surface area contributed by atoms with E-state index in [0.29, 0.717) is 0 Å². The molecule has 0 aliphatic carbocycles. The molecule has 0 rings (SSSR count). The van der Waals surface area contributed by atoms with Crippen molar-refractivity contribution in [1.29, 1.82) is 0 Å². The summed E-state index contributed by atoms with van der Waals surface area (Å²) in [6, 6.07) is -1.58. The van der Waals surface area contributed by atoms with E-state index in [1.165, 1.54) is 6.92 Å². The first-order chi connectivity index (χ1) is 8.99. The van der Waals surface area contributed by atoms with Crippen LogP contribution in [0.4, 0.5) is 0 Å². The highest BCUT2D eigenvalue weighted by Gasteiger charge is 2.33. The van der Waals surface area contributed by atoms with Gasteiger partial charge >= 0.3 is 5.97 Å². The molecule has 6 nitrogen and oxygen atoms in total. The Hall–Kier alpha value is -1.08. The Morgan fingerprint density at radius 2 is 1.80 bits per heavy atom. The summed E-state index contributed by atoms with van der Waals surface area (Å²) in [5.41, 5.74) is 5.57. The number of amides is 1. The largest absolute Gasteiger partial charge is 0.480 e. The SMILES string of the molecule is CC(=O)C(NC(=O)CSC(C)(C)[C@H](N)C(=O)O)C(C)C. The van der Waals surface area contributed by atoms with Crippen molar-refractivity contribution >= 4 is 29.4 Å². The van der Waals surface area contributed by atoms with Gasteiger partial charge in [0.15, 0.2) is 5.78 Å². The normalized spacial score (nSPS) is 14.8. The van der Waals surface area contributed by atoms with Crippen molar-refractivity contribution in [2.45, 2.75) is 51.4 Å². The van der Waals surface area contributed by atoms with Crippen LogP contribution in [0.5, 0.6) is 0 Å². The van der Waals surface area contributed by atoms with E-state index in [4.69, 9.17) is 10.8 Å². The number of hydrogen-bond acceptors (Lipinski definition) is 5. The molecule has 0 saturated heterocycles. The van der Waals surface area contributed by atoms with Crippen LogP contribution >= 0.6 is 11.8 Å². The number of carbonyl (C=O) groups is 3. The highest BCUT2D eigenvalue weighted by Crippen LogP contribution is 2.27. The summed E-state index contributed by atoms with van der Waals surface area (Å²) >= 11 is 1.16. The van der Waals surface area contributed by atoms with E-state index in [1.54, 1.807) is 13.8 Å². The molecule has 0 radical (unpaired) electrons. The first-order valence-electron chi connectivity index (χ1n) is 6.41. The van der Waals surface area contributed by atoms with Crippen LogP contribution in [0.2, 0.25) is 0 Å². The molecule has 0 saturated carbocycles. The number of Topliss-reactive ketones (excluding diaryl/α,β-unsaturated/α-hetero) is 1. The monoisotopic (exact) mass is 304 g/mol. The van der Waals surface area contributed by atoms with Crippen LogP contribution in [0.1, 0.15) is 34.6 Å². The van der Waals surface area contributed by atoms with Crippen molar-refractivity contribution in [2.75, 3.05) is 5.75 Å². The van der Waals surface area contributed by atoms with Crippen LogP contribution in [0.3, 0.4) is 0 Å². The lowest BCUT2D eigenvalue weighted by molar-refractivity contribution is -0.139. The lowest BCUT2D eigenvalue weighted by Crippen LogP contribution is -2.48. The molecule has 0 aromatic rings. The Labute approximate surface area is 123 Å². The number of nitrogens with one attached hydrogen (secondary N) is 1. The summed E-state index contributed by atoms with van der Waals surface area (Å²) in [5, 5.41) is 11.5. The predicted molar refractivity (Wildman–Crippen MR) is 79.6 cm³/mol. The van der Waals surface area contributed by atoms with E-state index >= 15 is 0 Å². The molecular formula is C13H24N2O4S. The second-order valence-corrected chi connectivity index (χ2v) is 7.24. The van der Waals surface area contributed by atoms with E-state index in [9.17, 15) is 14.4 Å². The molecule has 0 aliphatic rings. The third kappa shape index (κ3) is 5.92. The van der Waals surface area contributed by atoms with Gasteiger partial charge in [0.2, 0.25) is 5.91 Å². The molecule has 0 spiro atoms. The molecule has 0 aromatic heterocycles. The van der Waals surface area contributed by atoms with Gasteiger partial charge in [-0.3, -0.25) is 14.4 Å². The average molecular weight is 304 g/mol. The highest BCUT2D eigenvalue weighted by atomic mass is 32.2. The standard InChI is InChI=1S/C13H24N2O4S/c1-7(2)10(8(3)16)15-9(17)6-20-13(4,5)11(14)12(18)19/h7,10-11H,6,14H2,1-5H3,(H,15,17)(H,18,19)/t10?,11-/m1/s1. The highest BCUT2D eigenvalue weighted by molar-refractivity contribution is 8.01. The summed E-state index contributed by atoms with van der Waals surface area (Å²) in [6.07, 6.45) is 0. The third-order valence-electron chi connectivity index (χ3n) is 3.01. The molecule has 1 amide bonds. The number of carboxylic acid groups (broad SMARTS) is 1. The fourth-order valence-electron chi connectivity index (χ4n) is 1.59. The van der Waals surface area contributed by atoms with Crippen LogP contribution in [-0.2, 0) is 14.4 Å². The Bertz CT molecular complexity index is 383. The number of thioether (sulfide) groups is 1. The van der Waals surface area contributed by atoms with Crippen LogP contribution in [0.25, 0.3) is 0 Å². The maximum absolute atomic E-state index is 11.8. The summed E-state index contributed by atoms with van der Waals surface area (Å²) in [5.74, 6) is -1.43. The molecule has 20 heavy (non-hydrogen) atoms. The number of aliphatic carboxylic acids is 1. The Kier molecular flexibility index (Phi) is 7.22. The van der Waals surface area contributed by atoms with Gasteiger partial charge in [-0.25, -0.2) is 0 Å². The minimum Gasteiger partial charge on any atom is -0.480 e. The van der Waals surface area contributed by atoms with E-state index in [1.807, 2.05) is 13.8 Å². The van der Waals surface area contributed by atoms with Crippen molar-refractivity contribution in [1.82, 2.24) is 5.32 Å². The van der Waals surface area contributed by atoms with E-state index in [2.05, 4.69) is 5.32 Å². The summed E-state index contributed by atoms with van der Waals surface area (Å²) in [7, 11) is 0. The summed E-state index contributed by atoms with van der Waals surface area (Å²) in [6.45, 7) is 8.49. The van der Waals surface area contributed by atoms with Crippen LogP contribution < -0.4 is 11.1 Å². The van der Waals surface area contributed by atoms with E-state index in [-0.39, 0.29) is 23.4 Å². The van der Waals surface area contributed by atoms with Crippen LogP contribution in [0.15, 0.2) is 0 Å². The van der Waals surface area contributed by atoms with Gasteiger partial charge in [0.1, 0.15) is 6.04 Å². The zero-order valence-electron chi connectivity index (χ0n) is 12.6. The molecule has 0 aliphatic heterocycles. The van der Waals surface area contributed by atoms with Gasteiger partial charge in [-0.05, 0) is 26.7 Å². The van der Waals surface area contributed by atoms with Gasteiger partial charge in [0.05, 0.1) is 11.8 Å². The van der Waals surface area contributed by atoms with Crippen LogP contribution in [0, 0.1) is 5.92 Å². The zero-order chi connectivity index (χ0) is 16.1. The topological polar surface area (TPSA) is 109 Å². The van der Waals surface area contributed by atoms with E-state index in [0.717, 1.165) is 11.8 Å². The lowest BCUT2D eigenvalue weighted by atomic mass is 10.0. The fraction of sp³-hybridized carbons (Fsp3) is 0.769. The molecular weight excluding hydrogens is 280 g/mol. The molecule has 116 valence electrons. The molecule has 0 heterocycles. The van der Waals surface area contributed by atoms with E-state index < -0.39 is 22.8 Å². The van der Waals surface area contributed by atoms with Crippen LogP contribution in [-0.4, -0.2) is 45.3 Å². The molecule has 2 atom stereocenters. The van der Waals surface area contributed by atoms with Gasteiger partial charge in [-0.2, -0.15) is 0 Å². The maximum Gasteiger partial charge on any atom is 0.321 e. The second kappa shape index (κ2) is 7.64. The smallest absolute Gasteiger partial charge is 0.321 e. The summed E-state index contributed by atoms with van der Waals surface area (Å²) < 4.78 is -0.771. The Morgan fingerprint density at radius 1 is 1.30 bits per heavy atom. The Balaban J connectivity index is 4.49. The molecule has 4 N–H and O–H groups in total. The molecule has 0 fully saturated rings.